The van der Waals surface area contributed by atoms with E-state index in [0.717, 1.165) is 0 Å². The number of nitrogens with zero attached hydrogens (tertiary/aromatic N) is 2. The van der Waals surface area contributed by atoms with E-state index in [1.165, 1.54) is 0 Å². The predicted molar refractivity (Wildman–Crippen MR) is 81.7 cm³/mol. The highest BCUT2D eigenvalue weighted by molar-refractivity contribution is 5.94. The monoisotopic (exact) mass is 291 g/mol. The van der Waals surface area contributed by atoms with E-state index >= 15 is 0 Å². The van der Waals surface area contributed by atoms with Gasteiger partial charge in [-0.05, 0) is 12.1 Å². The normalized spacial score (nSPS) is 10.2. The summed E-state index contributed by atoms with van der Waals surface area (Å²) < 4.78 is 7.43. The number of rotatable bonds is 5. The van der Waals surface area contributed by atoms with Gasteiger partial charge in [0.1, 0.15) is 5.75 Å². The van der Waals surface area contributed by atoms with Gasteiger partial charge in [0.2, 0.25) is 18.5 Å². The minimum atomic E-state index is 0.0439. The number of carbonyl (C=O) groups excluding carboxylic acids is 1. The molecule has 1 heterocycles. The molecule has 0 aliphatic carbocycles. The van der Waals surface area contributed by atoms with Gasteiger partial charge in [-0.2, -0.15) is 4.57 Å². The van der Waals surface area contributed by atoms with Crippen molar-refractivity contribution in [3.05, 3.63) is 84.8 Å². The quantitative estimate of drug-likeness (QED) is 0.536. The predicted octanol–water partition coefficient (Wildman–Crippen LogP) is 3.04. The van der Waals surface area contributed by atoms with E-state index in [0.29, 0.717) is 17.2 Å². The van der Waals surface area contributed by atoms with Gasteiger partial charge < -0.3 is 4.74 Å². The third-order valence-corrected chi connectivity index (χ3v) is 3.12. The number of ketones is 1. The molecule has 0 atom stereocenters. The topological polar surface area (TPSA) is 43.1 Å². The summed E-state index contributed by atoms with van der Waals surface area (Å²) in [6.45, 7) is 0.248. The molecule has 0 amide bonds. The Morgan fingerprint density at radius 3 is 2.41 bits per heavy atom. The second-order valence-corrected chi connectivity index (χ2v) is 4.77. The van der Waals surface area contributed by atoms with Crippen molar-refractivity contribution < 1.29 is 14.1 Å². The average molecular weight is 291 g/mol. The molecule has 0 N–H and O–H groups in total. The van der Waals surface area contributed by atoms with Crippen molar-refractivity contribution in [1.82, 2.24) is 4.98 Å². The van der Waals surface area contributed by atoms with Gasteiger partial charge in [-0.15, -0.1) is 0 Å². The lowest BCUT2D eigenvalue weighted by Gasteiger charge is -2.03. The molecule has 108 valence electrons. The maximum Gasteiger partial charge on any atom is 0.285 e. The highest BCUT2D eigenvalue weighted by Gasteiger charge is 2.13. The Balaban J connectivity index is 1.73. The second-order valence-electron chi connectivity index (χ2n) is 4.77. The van der Waals surface area contributed by atoms with Gasteiger partial charge in [0, 0.05) is 5.56 Å². The zero-order valence-corrected chi connectivity index (χ0v) is 11.9. The van der Waals surface area contributed by atoms with Crippen LogP contribution in [0.25, 0.3) is 0 Å². The molecule has 22 heavy (non-hydrogen) atoms. The Hall–Kier alpha value is -3.01. The third-order valence-electron chi connectivity index (χ3n) is 3.12. The van der Waals surface area contributed by atoms with Crippen LogP contribution in [0.15, 0.2) is 79.3 Å². The zero-order valence-electron chi connectivity index (χ0n) is 11.9. The molecule has 3 rings (SSSR count). The van der Waals surface area contributed by atoms with E-state index in [1.54, 1.807) is 23.2 Å². The highest BCUT2D eigenvalue weighted by atomic mass is 16.5. The molecule has 0 saturated heterocycles. The minimum Gasteiger partial charge on any atom is -0.434 e. The molecule has 0 bridgehead atoms. The van der Waals surface area contributed by atoms with Gasteiger partial charge in [-0.1, -0.05) is 48.5 Å². The summed E-state index contributed by atoms with van der Waals surface area (Å²) in [5, 5.41) is 0. The van der Waals surface area contributed by atoms with Crippen molar-refractivity contribution in [3.8, 4) is 11.6 Å². The molecule has 0 unspecified atom stereocenters. The molecule has 0 fully saturated rings. The van der Waals surface area contributed by atoms with Crippen LogP contribution in [0.3, 0.4) is 0 Å². The molecule has 4 heteroatoms. The Bertz CT molecular complexity index is 758. The van der Waals surface area contributed by atoms with Crippen LogP contribution in [-0.2, 0) is 6.54 Å². The largest absolute Gasteiger partial charge is 0.434 e. The maximum atomic E-state index is 12.2. The van der Waals surface area contributed by atoms with E-state index in [1.807, 2.05) is 60.7 Å². The van der Waals surface area contributed by atoms with Crippen molar-refractivity contribution in [1.29, 1.82) is 0 Å². The van der Waals surface area contributed by atoms with Crippen molar-refractivity contribution in [3.63, 3.8) is 0 Å². The van der Waals surface area contributed by atoms with Crippen LogP contribution in [0.5, 0.6) is 11.6 Å². The summed E-state index contributed by atoms with van der Waals surface area (Å²) in [5.41, 5.74) is 0.692. The number of aromatic nitrogens is 2. The van der Waals surface area contributed by atoms with E-state index in [9.17, 15) is 4.79 Å². The standard InChI is InChI=1S/C18H15N2O2/c21-17(15-7-3-1-4-8-15)13-20-12-11-19-18(14-20)22-16-9-5-2-6-10-16/h1-12,14H,13H2/q+1. The first-order valence-electron chi connectivity index (χ1n) is 6.97. The number of para-hydroxylation sites is 1. The molecule has 0 spiro atoms. The van der Waals surface area contributed by atoms with Crippen molar-refractivity contribution in [2.24, 2.45) is 0 Å². The van der Waals surface area contributed by atoms with Crippen LogP contribution < -0.4 is 9.30 Å². The van der Waals surface area contributed by atoms with Gasteiger partial charge >= 0.3 is 0 Å². The number of hydrogen-bond donors (Lipinski definition) is 0. The van der Waals surface area contributed by atoms with E-state index in [-0.39, 0.29) is 12.3 Å². The number of ether oxygens (including phenoxy) is 1. The number of hydrogen-bond acceptors (Lipinski definition) is 3. The SMILES string of the molecule is O=C(C[n+]1ccnc(Oc2ccccc2)c1)c1ccccc1. The van der Waals surface area contributed by atoms with Crippen LogP contribution in [0.1, 0.15) is 10.4 Å². The van der Waals surface area contributed by atoms with Crippen molar-refractivity contribution >= 4 is 5.78 Å². The molecular weight excluding hydrogens is 276 g/mol. The summed E-state index contributed by atoms with van der Waals surface area (Å²) in [5.74, 6) is 1.21. The molecule has 1 aromatic heterocycles. The summed E-state index contributed by atoms with van der Waals surface area (Å²) in [6.07, 6.45) is 5.09. The average Bonchev–Trinajstić information content (AvgIpc) is 2.57. The van der Waals surface area contributed by atoms with E-state index < -0.39 is 0 Å². The first-order valence-corrected chi connectivity index (χ1v) is 6.97. The van der Waals surface area contributed by atoms with Crippen LogP contribution in [0, 0.1) is 0 Å². The smallest absolute Gasteiger partial charge is 0.285 e. The zero-order chi connectivity index (χ0) is 15.2. The number of carbonyl (C=O) groups is 1. The Morgan fingerprint density at radius 1 is 1.00 bits per heavy atom. The molecule has 4 nitrogen and oxygen atoms in total. The lowest BCUT2D eigenvalue weighted by Crippen LogP contribution is -2.37. The van der Waals surface area contributed by atoms with Crippen molar-refractivity contribution in [2.75, 3.05) is 0 Å². The van der Waals surface area contributed by atoms with E-state index in [4.69, 9.17) is 4.74 Å². The third kappa shape index (κ3) is 3.55. The van der Waals surface area contributed by atoms with Gasteiger partial charge in [0.05, 0.1) is 6.20 Å². The lowest BCUT2D eigenvalue weighted by atomic mass is 10.1. The van der Waals surface area contributed by atoms with Crippen LogP contribution in [0.4, 0.5) is 0 Å². The fraction of sp³-hybridized carbons (Fsp3) is 0.0556. The molecule has 0 aliphatic rings. The lowest BCUT2D eigenvalue weighted by molar-refractivity contribution is -0.683. The molecule has 0 aliphatic heterocycles. The fourth-order valence-electron chi connectivity index (χ4n) is 2.05. The maximum absolute atomic E-state index is 12.2. The number of benzene rings is 2. The van der Waals surface area contributed by atoms with Crippen LogP contribution >= 0.6 is 0 Å². The van der Waals surface area contributed by atoms with Gasteiger partial charge in [-0.3, -0.25) is 4.79 Å². The van der Waals surface area contributed by atoms with Crippen molar-refractivity contribution in [2.45, 2.75) is 6.54 Å². The Labute approximate surface area is 128 Å². The first-order chi connectivity index (χ1) is 10.8. The fourth-order valence-corrected chi connectivity index (χ4v) is 2.05. The van der Waals surface area contributed by atoms with E-state index in [2.05, 4.69) is 4.98 Å². The van der Waals surface area contributed by atoms with Gasteiger partial charge in [0.25, 0.3) is 5.88 Å². The summed E-state index contributed by atoms with van der Waals surface area (Å²) in [7, 11) is 0. The summed E-state index contributed by atoms with van der Waals surface area (Å²) >= 11 is 0. The number of Topliss-reactive ketones (excluding diaryl/α,β-unsaturated/α-hetero) is 1. The highest BCUT2D eigenvalue weighted by Crippen LogP contribution is 2.16. The Morgan fingerprint density at radius 2 is 1.68 bits per heavy atom. The minimum absolute atomic E-state index is 0.0439. The molecule has 3 aromatic rings. The molecule has 0 saturated carbocycles. The summed E-state index contributed by atoms with van der Waals surface area (Å²) in [4.78, 5) is 16.4. The van der Waals surface area contributed by atoms with Crippen LogP contribution in [0.2, 0.25) is 0 Å². The summed E-state index contributed by atoms with van der Waals surface area (Å²) in [6, 6.07) is 18.6. The first kappa shape index (κ1) is 13.9. The van der Waals surface area contributed by atoms with Gasteiger partial charge in [-0.25, -0.2) is 4.98 Å². The second kappa shape index (κ2) is 6.63. The molecule has 2 aromatic carbocycles. The van der Waals surface area contributed by atoms with Crippen LogP contribution in [-0.4, -0.2) is 10.8 Å². The molecule has 0 radical (unpaired) electrons. The molecular formula is C18H15N2O2+. The Kier molecular flexibility index (Phi) is 4.20. The van der Waals surface area contributed by atoms with Gasteiger partial charge in [0.15, 0.2) is 6.20 Å².